The number of benzene rings is 4. The van der Waals surface area contributed by atoms with Crippen LogP contribution in [-0.2, 0) is 4.79 Å². The molecule has 1 saturated heterocycles. The predicted octanol–water partition coefficient (Wildman–Crippen LogP) is 5.62. The molecule has 0 bridgehead atoms. The first-order valence-electron chi connectivity index (χ1n) is 11.1. The van der Waals surface area contributed by atoms with Crippen LogP contribution in [0.15, 0.2) is 109 Å². The molecule has 4 atom stereocenters. The summed E-state index contributed by atoms with van der Waals surface area (Å²) in [4.78, 5) is 14.3. The number of phenols is 2. The number of hydrogen-bond donors (Lipinski definition) is 3. The van der Waals surface area contributed by atoms with Gasteiger partial charge >= 0.3 is 0 Å². The lowest BCUT2D eigenvalue weighted by atomic mass is 9.69. The second-order valence-corrected chi connectivity index (χ2v) is 8.42. The van der Waals surface area contributed by atoms with Gasteiger partial charge in [-0.25, -0.2) is 0 Å². The molecule has 4 nitrogen and oxygen atoms in total. The van der Waals surface area contributed by atoms with E-state index in [0.29, 0.717) is 11.1 Å². The van der Waals surface area contributed by atoms with Crippen LogP contribution in [-0.4, -0.2) is 16.0 Å². The number of rotatable bonds is 4. The minimum Gasteiger partial charge on any atom is -0.508 e. The number of carbonyl (C=O) groups excluding carboxylic acids is 1. The van der Waals surface area contributed by atoms with Crippen molar-refractivity contribution in [2.75, 3.05) is 0 Å². The standard InChI is InChI=1S/C29H25NO3/c31-23-17-9-7-15-21(23)27-25(19-11-3-1-4-12-19)29(33)26(20-13-5-2-6-14-20)28(30-27)22-16-8-10-18-24(22)32/h1-18,25-28,30-32H. The van der Waals surface area contributed by atoms with Crippen molar-refractivity contribution in [1.82, 2.24) is 5.32 Å². The van der Waals surface area contributed by atoms with Gasteiger partial charge in [0, 0.05) is 11.1 Å². The fourth-order valence-electron chi connectivity index (χ4n) is 4.98. The summed E-state index contributed by atoms with van der Waals surface area (Å²) in [6.07, 6.45) is 0. The number of carbonyl (C=O) groups is 1. The van der Waals surface area contributed by atoms with E-state index >= 15 is 0 Å². The van der Waals surface area contributed by atoms with E-state index in [1.807, 2.05) is 84.9 Å². The van der Waals surface area contributed by atoms with Gasteiger partial charge in [-0.3, -0.25) is 4.79 Å². The van der Waals surface area contributed by atoms with E-state index in [9.17, 15) is 15.0 Å². The fourth-order valence-corrected chi connectivity index (χ4v) is 4.98. The first-order chi connectivity index (χ1) is 16.1. The summed E-state index contributed by atoms with van der Waals surface area (Å²) in [6, 6.07) is 32.7. The van der Waals surface area contributed by atoms with Crippen LogP contribution in [0, 0.1) is 0 Å². The Morgan fingerprint density at radius 2 is 0.879 bits per heavy atom. The van der Waals surface area contributed by atoms with Gasteiger partial charge in [0.05, 0.1) is 23.9 Å². The quantitative estimate of drug-likeness (QED) is 0.389. The minimum atomic E-state index is -0.508. The zero-order valence-corrected chi connectivity index (χ0v) is 18.0. The SMILES string of the molecule is O=C1C(c2ccccc2)C(c2ccccc2O)NC(c2ccccc2O)C1c1ccccc1. The number of ketones is 1. The molecule has 0 spiro atoms. The van der Waals surface area contributed by atoms with Gasteiger partial charge in [-0.1, -0.05) is 97.1 Å². The molecule has 5 rings (SSSR count). The van der Waals surface area contributed by atoms with Gasteiger partial charge in [0.2, 0.25) is 0 Å². The maximum Gasteiger partial charge on any atom is 0.151 e. The molecule has 0 amide bonds. The van der Waals surface area contributed by atoms with Crippen molar-refractivity contribution in [3.63, 3.8) is 0 Å². The Balaban J connectivity index is 1.71. The summed E-state index contributed by atoms with van der Waals surface area (Å²) >= 11 is 0. The zero-order valence-electron chi connectivity index (χ0n) is 18.0. The number of nitrogens with one attached hydrogen (secondary N) is 1. The summed E-state index contributed by atoms with van der Waals surface area (Å²) in [6.45, 7) is 0. The highest BCUT2D eigenvalue weighted by Crippen LogP contribution is 2.49. The molecule has 4 heteroatoms. The highest BCUT2D eigenvalue weighted by atomic mass is 16.3. The van der Waals surface area contributed by atoms with Crippen molar-refractivity contribution in [3.8, 4) is 11.5 Å². The summed E-state index contributed by atoms with van der Waals surface area (Å²) in [5, 5.41) is 25.1. The second-order valence-electron chi connectivity index (χ2n) is 8.42. The topological polar surface area (TPSA) is 69.6 Å². The third-order valence-electron chi connectivity index (χ3n) is 6.50. The highest BCUT2D eigenvalue weighted by molar-refractivity contribution is 5.94. The monoisotopic (exact) mass is 435 g/mol. The third-order valence-corrected chi connectivity index (χ3v) is 6.50. The Bertz CT molecular complexity index is 1160. The average molecular weight is 436 g/mol. The first-order valence-corrected chi connectivity index (χ1v) is 11.1. The Labute approximate surface area is 193 Å². The molecular formula is C29H25NO3. The summed E-state index contributed by atoms with van der Waals surface area (Å²) < 4.78 is 0. The molecule has 1 aliphatic heterocycles. The van der Waals surface area contributed by atoms with Crippen molar-refractivity contribution in [3.05, 3.63) is 131 Å². The van der Waals surface area contributed by atoms with E-state index in [1.54, 1.807) is 24.3 Å². The van der Waals surface area contributed by atoms with Crippen LogP contribution >= 0.6 is 0 Å². The lowest BCUT2D eigenvalue weighted by Crippen LogP contribution is -2.46. The number of Topliss-reactive ketones (excluding diaryl/α,β-unsaturated/α-hetero) is 1. The molecule has 0 radical (unpaired) electrons. The van der Waals surface area contributed by atoms with Crippen LogP contribution < -0.4 is 5.32 Å². The maximum absolute atomic E-state index is 14.3. The van der Waals surface area contributed by atoms with Crippen LogP contribution in [0.25, 0.3) is 0 Å². The molecule has 3 N–H and O–H groups in total. The van der Waals surface area contributed by atoms with E-state index in [-0.39, 0.29) is 17.3 Å². The van der Waals surface area contributed by atoms with Crippen molar-refractivity contribution < 1.29 is 15.0 Å². The molecule has 1 aliphatic rings. The molecular weight excluding hydrogens is 410 g/mol. The van der Waals surface area contributed by atoms with Gasteiger partial charge in [-0.15, -0.1) is 0 Å². The lowest BCUT2D eigenvalue weighted by Gasteiger charge is -2.42. The van der Waals surface area contributed by atoms with Gasteiger partial charge < -0.3 is 15.5 Å². The van der Waals surface area contributed by atoms with E-state index in [0.717, 1.165) is 11.1 Å². The lowest BCUT2D eigenvalue weighted by molar-refractivity contribution is -0.125. The van der Waals surface area contributed by atoms with Gasteiger partial charge in [-0.2, -0.15) is 0 Å². The van der Waals surface area contributed by atoms with Crippen LogP contribution in [0.2, 0.25) is 0 Å². The van der Waals surface area contributed by atoms with Gasteiger partial charge in [0.15, 0.2) is 5.78 Å². The van der Waals surface area contributed by atoms with Gasteiger partial charge in [-0.05, 0) is 23.3 Å². The molecule has 0 aromatic heterocycles. The smallest absolute Gasteiger partial charge is 0.151 e. The van der Waals surface area contributed by atoms with Crippen LogP contribution in [0.5, 0.6) is 11.5 Å². The number of hydrogen-bond acceptors (Lipinski definition) is 4. The maximum atomic E-state index is 14.3. The molecule has 0 saturated carbocycles. The first kappa shape index (κ1) is 21.0. The van der Waals surface area contributed by atoms with E-state index in [2.05, 4.69) is 5.32 Å². The van der Waals surface area contributed by atoms with E-state index in [1.165, 1.54) is 0 Å². The molecule has 164 valence electrons. The Morgan fingerprint density at radius 1 is 0.515 bits per heavy atom. The van der Waals surface area contributed by atoms with Crippen molar-refractivity contribution >= 4 is 5.78 Å². The minimum absolute atomic E-state index is 0.0488. The highest BCUT2D eigenvalue weighted by Gasteiger charge is 2.47. The number of piperidine rings is 1. The molecule has 4 aromatic rings. The van der Waals surface area contributed by atoms with E-state index < -0.39 is 23.9 Å². The Kier molecular flexibility index (Phi) is 5.68. The van der Waals surface area contributed by atoms with Gasteiger partial charge in [0.25, 0.3) is 0 Å². The van der Waals surface area contributed by atoms with Crippen LogP contribution in [0.4, 0.5) is 0 Å². The summed E-state index contributed by atoms with van der Waals surface area (Å²) in [5.41, 5.74) is 3.10. The fraction of sp³-hybridized carbons (Fsp3) is 0.138. The van der Waals surface area contributed by atoms with Gasteiger partial charge in [0.1, 0.15) is 11.5 Å². The van der Waals surface area contributed by atoms with Crippen LogP contribution in [0.3, 0.4) is 0 Å². The summed E-state index contributed by atoms with van der Waals surface area (Å²) in [7, 11) is 0. The normalized spacial score (nSPS) is 22.7. The van der Waals surface area contributed by atoms with Crippen LogP contribution in [0.1, 0.15) is 46.2 Å². The Hall–Kier alpha value is -3.89. The molecule has 4 unspecified atom stereocenters. The molecule has 0 aliphatic carbocycles. The Morgan fingerprint density at radius 3 is 1.27 bits per heavy atom. The van der Waals surface area contributed by atoms with E-state index in [4.69, 9.17) is 0 Å². The second kappa shape index (κ2) is 8.93. The molecule has 4 aromatic carbocycles. The number of para-hydroxylation sites is 2. The molecule has 1 heterocycles. The van der Waals surface area contributed by atoms with Crippen molar-refractivity contribution in [2.24, 2.45) is 0 Å². The predicted molar refractivity (Wildman–Crippen MR) is 128 cm³/mol. The third kappa shape index (κ3) is 3.90. The van der Waals surface area contributed by atoms with Crippen molar-refractivity contribution in [2.45, 2.75) is 23.9 Å². The number of aromatic hydroxyl groups is 2. The zero-order chi connectivity index (χ0) is 22.8. The summed E-state index contributed by atoms with van der Waals surface area (Å²) in [5.74, 6) is -0.692. The number of phenolic OH excluding ortho intramolecular Hbond substituents is 2. The van der Waals surface area contributed by atoms with Crippen molar-refractivity contribution in [1.29, 1.82) is 0 Å². The largest absolute Gasteiger partial charge is 0.508 e. The molecule has 33 heavy (non-hydrogen) atoms. The molecule has 1 fully saturated rings. The average Bonchev–Trinajstić information content (AvgIpc) is 2.85.